The highest BCUT2D eigenvalue weighted by molar-refractivity contribution is 6.99. The standard InChI is InChI=1S/C20H25N3OSi/c1-16(19-15-21-23-22-19)24-25(20(2,3)4,17-11-7-5-8-12-17)18-13-9-6-10-14-18/h5-16H,1-4H3,(H,21,22,23)/t16-/m1/s1. The quantitative estimate of drug-likeness (QED) is 0.716. The van der Waals surface area contributed by atoms with Gasteiger partial charge < -0.3 is 4.43 Å². The van der Waals surface area contributed by atoms with Crippen molar-refractivity contribution in [3.05, 3.63) is 72.6 Å². The van der Waals surface area contributed by atoms with Gasteiger partial charge in [-0.25, -0.2) is 0 Å². The van der Waals surface area contributed by atoms with Gasteiger partial charge in [-0.2, -0.15) is 15.4 Å². The lowest BCUT2D eigenvalue weighted by Crippen LogP contribution is -2.66. The minimum atomic E-state index is -2.55. The van der Waals surface area contributed by atoms with E-state index in [2.05, 4.69) is 104 Å². The van der Waals surface area contributed by atoms with Crippen LogP contribution in [-0.2, 0) is 4.43 Å². The van der Waals surface area contributed by atoms with Gasteiger partial charge in [0.1, 0.15) is 5.69 Å². The van der Waals surface area contributed by atoms with Crippen LogP contribution in [0.4, 0.5) is 0 Å². The minimum absolute atomic E-state index is 0.0479. The van der Waals surface area contributed by atoms with Crippen LogP contribution in [-0.4, -0.2) is 23.7 Å². The molecule has 3 rings (SSSR count). The zero-order valence-electron chi connectivity index (χ0n) is 15.2. The molecule has 0 aliphatic heterocycles. The van der Waals surface area contributed by atoms with E-state index in [1.807, 2.05) is 0 Å². The SMILES string of the molecule is C[C@@H](O[Si](c1ccccc1)(c1ccccc1)C(C)(C)C)c1cn[nH]n1. The van der Waals surface area contributed by atoms with Crippen molar-refractivity contribution in [2.75, 3.05) is 0 Å². The van der Waals surface area contributed by atoms with Crippen molar-refractivity contribution in [2.24, 2.45) is 0 Å². The summed E-state index contributed by atoms with van der Waals surface area (Å²) in [5.41, 5.74) is 0.827. The molecule has 0 bridgehead atoms. The summed E-state index contributed by atoms with van der Waals surface area (Å²) in [4.78, 5) is 0. The summed E-state index contributed by atoms with van der Waals surface area (Å²) >= 11 is 0. The van der Waals surface area contributed by atoms with Crippen molar-refractivity contribution < 1.29 is 4.43 Å². The Labute approximate surface area is 150 Å². The first kappa shape index (κ1) is 17.6. The molecule has 25 heavy (non-hydrogen) atoms. The van der Waals surface area contributed by atoms with Gasteiger partial charge in [-0.3, -0.25) is 0 Å². The van der Waals surface area contributed by atoms with Crippen LogP contribution in [0.5, 0.6) is 0 Å². The second kappa shape index (κ2) is 6.94. The molecule has 130 valence electrons. The summed E-state index contributed by atoms with van der Waals surface area (Å²) in [6, 6.07) is 21.3. The van der Waals surface area contributed by atoms with E-state index >= 15 is 0 Å². The first-order valence-electron chi connectivity index (χ1n) is 8.59. The van der Waals surface area contributed by atoms with Gasteiger partial charge in [0, 0.05) is 0 Å². The third kappa shape index (κ3) is 3.30. The Bertz CT molecular complexity index is 743. The Morgan fingerprint density at radius 2 is 1.44 bits per heavy atom. The fourth-order valence-corrected chi connectivity index (χ4v) is 8.09. The Hall–Kier alpha value is -2.24. The lowest BCUT2D eigenvalue weighted by molar-refractivity contribution is 0.206. The van der Waals surface area contributed by atoms with Crippen LogP contribution in [0, 0.1) is 0 Å². The lowest BCUT2D eigenvalue weighted by Gasteiger charge is -2.44. The third-order valence-electron chi connectivity index (χ3n) is 4.62. The average Bonchev–Trinajstić information content (AvgIpc) is 3.15. The third-order valence-corrected chi connectivity index (χ3v) is 9.73. The summed E-state index contributed by atoms with van der Waals surface area (Å²) in [5.74, 6) is 0. The van der Waals surface area contributed by atoms with Gasteiger partial charge in [0.05, 0.1) is 12.3 Å². The largest absolute Gasteiger partial charge is 0.399 e. The van der Waals surface area contributed by atoms with Crippen LogP contribution in [0.25, 0.3) is 0 Å². The molecule has 2 aromatic carbocycles. The van der Waals surface area contributed by atoms with Crippen molar-refractivity contribution in [2.45, 2.75) is 38.8 Å². The Kier molecular flexibility index (Phi) is 4.88. The highest BCUT2D eigenvalue weighted by Crippen LogP contribution is 2.39. The molecule has 4 nitrogen and oxygen atoms in total. The van der Waals surface area contributed by atoms with Crippen molar-refractivity contribution >= 4 is 18.7 Å². The van der Waals surface area contributed by atoms with Gasteiger partial charge in [0.25, 0.3) is 8.32 Å². The molecule has 3 aromatic rings. The number of benzene rings is 2. The molecule has 0 aliphatic carbocycles. The van der Waals surface area contributed by atoms with Crippen LogP contribution < -0.4 is 10.4 Å². The van der Waals surface area contributed by atoms with Crippen LogP contribution >= 0.6 is 0 Å². The predicted molar refractivity (Wildman–Crippen MR) is 104 cm³/mol. The van der Waals surface area contributed by atoms with Crippen LogP contribution in [0.15, 0.2) is 66.9 Å². The van der Waals surface area contributed by atoms with E-state index in [9.17, 15) is 0 Å². The number of hydrogen-bond acceptors (Lipinski definition) is 3. The van der Waals surface area contributed by atoms with Crippen molar-refractivity contribution in [1.82, 2.24) is 15.4 Å². The molecule has 0 fully saturated rings. The molecule has 0 unspecified atom stereocenters. The second-order valence-electron chi connectivity index (χ2n) is 7.32. The highest BCUT2D eigenvalue weighted by atomic mass is 28.4. The number of nitrogens with one attached hydrogen (secondary N) is 1. The van der Waals surface area contributed by atoms with Gasteiger partial charge in [-0.05, 0) is 22.3 Å². The second-order valence-corrected chi connectivity index (χ2v) is 11.6. The molecule has 5 heteroatoms. The monoisotopic (exact) mass is 351 g/mol. The van der Waals surface area contributed by atoms with E-state index in [-0.39, 0.29) is 11.1 Å². The lowest BCUT2D eigenvalue weighted by atomic mass is 10.2. The minimum Gasteiger partial charge on any atom is -0.399 e. The molecule has 0 saturated heterocycles. The number of H-pyrrole nitrogens is 1. The maximum atomic E-state index is 6.94. The smallest absolute Gasteiger partial charge is 0.261 e. The molecule has 1 atom stereocenters. The van der Waals surface area contributed by atoms with E-state index in [1.165, 1.54) is 10.4 Å². The molecule has 0 amide bonds. The van der Waals surface area contributed by atoms with Crippen LogP contribution in [0.1, 0.15) is 39.5 Å². The van der Waals surface area contributed by atoms with E-state index in [0.29, 0.717) is 0 Å². The molecule has 0 aliphatic rings. The molecular formula is C20H25N3OSi. The average molecular weight is 352 g/mol. The van der Waals surface area contributed by atoms with Crippen molar-refractivity contribution in [3.8, 4) is 0 Å². The summed E-state index contributed by atoms with van der Waals surface area (Å²) in [6.45, 7) is 8.87. The normalized spacial score (nSPS) is 13.6. The summed E-state index contributed by atoms with van der Waals surface area (Å²) in [5, 5.41) is 13.3. The number of aromatic nitrogens is 3. The zero-order chi connectivity index (χ0) is 17.9. The summed E-state index contributed by atoms with van der Waals surface area (Å²) in [7, 11) is -2.55. The van der Waals surface area contributed by atoms with Crippen molar-refractivity contribution in [3.63, 3.8) is 0 Å². The molecule has 1 heterocycles. The van der Waals surface area contributed by atoms with Gasteiger partial charge in [-0.15, -0.1) is 0 Å². The molecule has 1 N–H and O–H groups in total. The van der Waals surface area contributed by atoms with E-state index in [4.69, 9.17) is 4.43 Å². The number of rotatable bonds is 5. The van der Waals surface area contributed by atoms with Crippen LogP contribution in [0.2, 0.25) is 5.04 Å². The topological polar surface area (TPSA) is 50.8 Å². The zero-order valence-corrected chi connectivity index (χ0v) is 16.2. The molecule has 0 radical (unpaired) electrons. The fourth-order valence-electron chi connectivity index (χ4n) is 3.42. The van der Waals surface area contributed by atoms with E-state index in [1.54, 1.807) is 6.20 Å². The number of hydrogen-bond donors (Lipinski definition) is 1. The highest BCUT2D eigenvalue weighted by Gasteiger charge is 2.51. The summed E-state index contributed by atoms with van der Waals surface area (Å²) < 4.78 is 6.94. The molecular weight excluding hydrogens is 326 g/mol. The van der Waals surface area contributed by atoms with Gasteiger partial charge in [0.15, 0.2) is 0 Å². The van der Waals surface area contributed by atoms with Gasteiger partial charge in [-0.1, -0.05) is 81.4 Å². The maximum absolute atomic E-state index is 6.94. The predicted octanol–water partition coefficient (Wildman–Crippen LogP) is 3.44. The first-order chi connectivity index (χ1) is 11.9. The van der Waals surface area contributed by atoms with Crippen molar-refractivity contribution in [1.29, 1.82) is 0 Å². The molecule has 1 aromatic heterocycles. The van der Waals surface area contributed by atoms with Gasteiger partial charge in [0.2, 0.25) is 0 Å². The molecule has 0 spiro atoms. The Morgan fingerprint density at radius 1 is 0.920 bits per heavy atom. The van der Waals surface area contributed by atoms with Gasteiger partial charge >= 0.3 is 0 Å². The fraction of sp³-hybridized carbons (Fsp3) is 0.300. The first-order valence-corrected chi connectivity index (χ1v) is 10.5. The Morgan fingerprint density at radius 3 is 1.84 bits per heavy atom. The Balaban J connectivity index is 2.19. The molecule has 0 saturated carbocycles. The summed E-state index contributed by atoms with van der Waals surface area (Å²) in [6.07, 6.45) is 1.59. The number of nitrogens with zero attached hydrogens (tertiary/aromatic N) is 2. The maximum Gasteiger partial charge on any atom is 0.261 e. The van der Waals surface area contributed by atoms with E-state index in [0.717, 1.165) is 5.69 Å². The van der Waals surface area contributed by atoms with Crippen LogP contribution in [0.3, 0.4) is 0 Å². The van der Waals surface area contributed by atoms with E-state index < -0.39 is 8.32 Å². The number of aromatic amines is 1.